The molecule has 0 aliphatic carbocycles. The average molecular weight is 206 g/mol. The summed E-state index contributed by atoms with van der Waals surface area (Å²) in [5.74, 6) is 0. The maximum atomic E-state index is 5.50. The van der Waals surface area contributed by atoms with Crippen molar-refractivity contribution in [1.82, 2.24) is 4.98 Å². The number of pyridine rings is 1. The molecule has 0 amide bonds. The van der Waals surface area contributed by atoms with E-state index in [1.54, 1.807) is 24.5 Å². The summed E-state index contributed by atoms with van der Waals surface area (Å²) in [6.07, 6.45) is 3.31. The van der Waals surface area contributed by atoms with Gasteiger partial charge in [0, 0.05) is 17.4 Å². The van der Waals surface area contributed by atoms with Crippen molar-refractivity contribution >= 4 is 11.6 Å². The Morgan fingerprint density at radius 3 is 1.79 bits per heavy atom. The molecule has 2 rings (SSSR count). The monoisotopic (exact) mass is 205 g/mol. The van der Waals surface area contributed by atoms with Crippen molar-refractivity contribution in [2.45, 2.75) is 6.92 Å². The van der Waals surface area contributed by atoms with Crippen LogP contribution in [0.4, 0.5) is 0 Å². The van der Waals surface area contributed by atoms with Gasteiger partial charge in [-0.15, -0.1) is 0 Å². The van der Waals surface area contributed by atoms with Crippen LogP contribution in [0.5, 0.6) is 0 Å². The van der Waals surface area contributed by atoms with Crippen molar-refractivity contribution in [1.29, 1.82) is 0 Å². The first kappa shape index (κ1) is 10.7. The quantitative estimate of drug-likeness (QED) is 0.639. The number of halogens is 1. The summed E-state index contributed by atoms with van der Waals surface area (Å²) in [4.78, 5) is 3.76. The molecular formula is C12H12ClN. The van der Waals surface area contributed by atoms with Crippen molar-refractivity contribution in [3.05, 3.63) is 65.4 Å². The first-order chi connectivity index (χ1) is 6.79. The van der Waals surface area contributed by atoms with Gasteiger partial charge in [-0.2, -0.15) is 0 Å². The SMILES string of the molecule is Cc1ccccc1.Clc1ccncc1. The van der Waals surface area contributed by atoms with Crippen molar-refractivity contribution < 1.29 is 0 Å². The molecule has 1 aromatic carbocycles. The van der Waals surface area contributed by atoms with Gasteiger partial charge in [-0.25, -0.2) is 0 Å². The van der Waals surface area contributed by atoms with Gasteiger partial charge in [0.25, 0.3) is 0 Å². The van der Waals surface area contributed by atoms with E-state index in [-0.39, 0.29) is 0 Å². The summed E-state index contributed by atoms with van der Waals surface area (Å²) in [6.45, 7) is 2.08. The van der Waals surface area contributed by atoms with Crippen LogP contribution in [0.3, 0.4) is 0 Å². The zero-order valence-electron chi connectivity index (χ0n) is 8.02. The summed E-state index contributed by atoms with van der Waals surface area (Å²) >= 11 is 5.50. The lowest BCUT2D eigenvalue weighted by atomic mass is 10.2. The highest BCUT2D eigenvalue weighted by molar-refractivity contribution is 6.30. The Bertz CT molecular complexity index is 308. The molecule has 72 valence electrons. The van der Waals surface area contributed by atoms with Crippen molar-refractivity contribution in [2.24, 2.45) is 0 Å². The van der Waals surface area contributed by atoms with E-state index in [2.05, 4.69) is 24.0 Å². The predicted molar refractivity (Wildman–Crippen MR) is 60.4 cm³/mol. The van der Waals surface area contributed by atoms with Gasteiger partial charge in [0.2, 0.25) is 0 Å². The first-order valence-corrected chi connectivity index (χ1v) is 4.74. The van der Waals surface area contributed by atoms with E-state index in [1.165, 1.54) is 5.56 Å². The van der Waals surface area contributed by atoms with E-state index in [1.807, 2.05) is 18.2 Å². The van der Waals surface area contributed by atoms with Crippen LogP contribution in [-0.4, -0.2) is 4.98 Å². The van der Waals surface area contributed by atoms with Crippen LogP contribution >= 0.6 is 11.6 Å². The van der Waals surface area contributed by atoms with Crippen LogP contribution in [0.1, 0.15) is 5.56 Å². The topological polar surface area (TPSA) is 12.9 Å². The Labute approximate surface area is 89.4 Å². The van der Waals surface area contributed by atoms with Gasteiger partial charge in [-0.3, -0.25) is 4.98 Å². The van der Waals surface area contributed by atoms with Gasteiger partial charge in [-0.1, -0.05) is 47.5 Å². The Morgan fingerprint density at radius 2 is 1.50 bits per heavy atom. The maximum Gasteiger partial charge on any atom is 0.0436 e. The summed E-state index contributed by atoms with van der Waals surface area (Å²) < 4.78 is 0. The zero-order chi connectivity index (χ0) is 10.2. The number of rotatable bonds is 0. The molecule has 0 spiro atoms. The predicted octanol–water partition coefficient (Wildman–Crippen LogP) is 3.73. The van der Waals surface area contributed by atoms with Crippen LogP contribution in [0.25, 0.3) is 0 Å². The first-order valence-electron chi connectivity index (χ1n) is 4.36. The minimum absolute atomic E-state index is 0.731. The molecule has 2 aromatic rings. The molecule has 2 heteroatoms. The van der Waals surface area contributed by atoms with Crippen molar-refractivity contribution in [3.63, 3.8) is 0 Å². The lowest BCUT2D eigenvalue weighted by molar-refractivity contribution is 1.33. The number of aromatic nitrogens is 1. The van der Waals surface area contributed by atoms with Crippen molar-refractivity contribution in [2.75, 3.05) is 0 Å². The van der Waals surface area contributed by atoms with E-state index >= 15 is 0 Å². The molecule has 14 heavy (non-hydrogen) atoms. The number of hydrogen-bond donors (Lipinski definition) is 0. The van der Waals surface area contributed by atoms with Gasteiger partial charge in [0.1, 0.15) is 0 Å². The summed E-state index contributed by atoms with van der Waals surface area (Å²) in [6, 6.07) is 13.7. The fraction of sp³-hybridized carbons (Fsp3) is 0.0833. The molecule has 0 atom stereocenters. The zero-order valence-corrected chi connectivity index (χ0v) is 8.78. The second-order valence-corrected chi connectivity index (χ2v) is 3.26. The summed E-state index contributed by atoms with van der Waals surface area (Å²) in [7, 11) is 0. The smallest absolute Gasteiger partial charge is 0.0436 e. The third-order valence-electron chi connectivity index (χ3n) is 1.58. The molecule has 0 N–H and O–H groups in total. The van der Waals surface area contributed by atoms with Crippen LogP contribution in [0, 0.1) is 6.92 Å². The molecule has 0 fully saturated rings. The van der Waals surface area contributed by atoms with Crippen molar-refractivity contribution in [3.8, 4) is 0 Å². The Morgan fingerprint density at radius 1 is 0.929 bits per heavy atom. The Balaban J connectivity index is 0.000000140. The molecule has 0 unspecified atom stereocenters. The standard InChI is InChI=1S/C7H8.C5H4ClN/c1-7-5-3-2-4-6-7;6-5-1-3-7-4-2-5/h2-6H,1H3;1-4H. The normalized spacial score (nSPS) is 8.71. The lowest BCUT2D eigenvalue weighted by Crippen LogP contribution is -1.63. The molecule has 0 aliphatic rings. The summed E-state index contributed by atoms with van der Waals surface area (Å²) in [5, 5.41) is 0.731. The van der Waals surface area contributed by atoms with Gasteiger partial charge < -0.3 is 0 Å². The Kier molecular flexibility index (Phi) is 4.73. The highest BCUT2D eigenvalue weighted by atomic mass is 35.5. The highest BCUT2D eigenvalue weighted by Gasteiger charge is 1.76. The maximum absolute atomic E-state index is 5.50. The molecule has 0 saturated heterocycles. The second-order valence-electron chi connectivity index (χ2n) is 2.82. The fourth-order valence-corrected chi connectivity index (χ4v) is 0.981. The van der Waals surface area contributed by atoms with E-state index in [4.69, 9.17) is 11.6 Å². The Hall–Kier alpha value is -1.34. The van der Waals surface area contributed by atoms with E-state index in [0.717, 1.165) is 5.02 Å². The lowest BCUT2D eigenvalue weighted by Gasteiger charge is -1.82. The highest BCUT2D eigenvalue weighted by Crippen LogP contribution is 2.01. The van der Waals surface area contributed by atoms with Gasteiger partial charge in [0.15, 0.2) is 0 Å². The molecule has 0 saturated carbocycles. The number of benzene rings is 1. The van der Waals surface area contributed by atoms with Crippen LogP contribution in [-0.2, 0) is 0 Å². The molecule has 0 aliphatic heterocycles. The molecule has 0 bridgehead atoms. The van der Waals surface area contributed by atoms with Crippen LogP contribution < -0.4 is 0 Å². The average Bonchev–Trinajstić information content (AvgIpc) is 2.21. The molecule has 0 radical (unpaired) electrons. The van der Waals surface area contributed by atoms with E-state index < -0.39 is 0 Å². The molecular weight excluding hydrogens is 194 g/mol. The third-order valence-corrected chi connectivity index (χ3v) is 1.83. The number of hydrogen-bond acceptors (Lipinski definition) is 1. The number of aryl methyl sites for hydroxylation is 1. The largest absolute Gasteiger partial charge is 0.265 e. The van der Waals surface area contributed by atoms with Gasteiger partial charge in [-0.05, 0) is 19.1 Å². The third kappa shape index (κ3) is 4.63. The minimum Gasteiger partial charge on any atom is -0.265 e. The fourth-order valence-electron chi connectivity index (χ4n) is 0.868. The van der Waals surface area contributed by atoms with Gasteiger partial charge >= 0.3 is 0 Å². The second kappa shape index (κ2) is 6.17. The van der Waals surface area contributed by atoms with Crippen LogP contribution in [0.15, 0.2) is 54.9 Å². The van der Waals surface area contributed by atoms with Crippen LogP contribution in [0.2, 0.25) is 5.02 Å². The molecule has 1 aromatic heterocycles. The summed E-state index contributed by atoms with van der Waals surface area (Å²) in [5.41, 5.74) is 1.32. The minimum atomic E-state index is 0.731. The number of nitrogens with zero attached hydrogens (tertiary/aromatic N) is 1. The molecule has 1 nitrogen and oxygen atoms in total. The van der Waals surface area contributed by atoms with Gasteiger partial charge in [0.05, 0.1) is 0 Å². The molecule has 1 heterocycles. The van der Waals surface area contributed by atoms with E-state index in [0.29, 0.717) is 0 Å². The van der Waals surface area contributed by atoms with E-state index in [9.17, 15) is 0 Å².